The molecule has 1 fully saturated rings. The monoisotopic (exact) mass is 396 g/mol. The van der Waals surface area contributed by atoms with Crippen LogP contribution in [0.15, 0.2) is 32.2 Å². The molecule has 20 heavy (non-hydrogen) atoms. The average molecular weight is 396 g/mol. The summed E-state index contributed by atoms with van der Waals surface area (Å²) in [4.78, 5) is 24.8. The summed E-state index contributed by atoms with van der Waals surface area (Å²) < 4.78 is 13.3. The van der Waals surface area contributed by atoms with Gasteiger partial charge in [0.2, 0.25) is 0 Å². The average Bonchev–Trinajstić information content (AvgIpc) is 2.73. The van der Waals surface area contributed by atoms with Gasteiger partial charge in [-0.2, -0.15) is 0 Å². The molecule has 4 atom stereocenters. The van der Waals surface area contributed by atoms with Crippen LogP contribution in [-0.4, -0.2) is 44.7 Å². The highest BCUT2D eigenvalue weighted by Crippen LogP contribution is 2.30. The van der Waals surface area contributed by atoms with E-state index in [-0.39, 0.29) is 6.61 Å². The number of nitrogens with zero attached hydrogens (tertiary/aromatic N) is 1. The van der Waals surface area contributed by atoms with E-state index >= 15 is 0 Å². The lowest BCUT2D eigenvalue weighted by molar-refractivity contribution is -0.0554. The van der Waals surface area contributed by atoms with Crippen LogP contribution in [0.5, 0.6) is 0 Å². The number of aliphatic hydroxyl groups excluding tert-OH is 2. The second kappa shape index (κ2) is 6.52. The maximum Gasteiger partial charge on any atom is 0.330 e. The van der Waals surface area contributed by atoms with Gasteiger partial charge in [0.25, 0.3) is 5.56 Å². The molecule has 9 heteroatoms. The van der Waals surface area contributed by atoms with Crippen LogP contribution in [0.1, 0.15) is 6.23 Å². The fourth-order valence-corrected chi connectivity index (χ4v) is 2.18. The predicted octanol–water partition coefficient (Wildman–Crippen LogP) is -0.921. The molecular formula is C11H13IN2O6. The van der Waals surface area contributed by atoms with E-state index in [1.54, 1.807) is 4.08 Å². The van der Waals surface area contributed by atoms with Crippen molar-refractivity contribution in [1.29, 1.82) is 0 Å². The van der Waals surface area contributed by atoms with Crippen LogP contribution >= 0.6 is 22.6 Å². The Morgan fingerprint density at radius 3 is 2.90 bits per heavy atom. The minimum absolute atomic E-state index is 0.370. The molecule has 8 nitrogen and oxygen atoms in total. The van der Waals surface area contributed by atoms with Crippen molar-refractivity contribution < 1.29 is 19.7 Å². The van der Waals surface area contributed by atoms with Crippen LogP contribution in [0.3, 0.4) is 0 Å². The van der Waals surface area contributed by atoms with E-state index in [1.807, 2.05) is 22.6 Å². The molecule has 2 heterocycles. The molecule has 2 unspecified atom stereocenters. The van der Waals surface area contributed by atoms with Gasteiger partial charge < -0.3 is 19.7 Å². The van der Waals surface area contributed by atoms with Crippen LogP contribution in [0, 0.1) is 0 Å². The first-order valence-corrected chi connectivity index (χ1v) is 6.99. The van der Waals surface area contributed by atoms with Crippen molar-refractivity contribution >= 4 is 22.6 Å². The summed E-state index contributed by atoms with van der Waals surface area (Å²) in [6, 6.07) is 1.14. The Morgan fingerprint density at radius 2 is 2.30 bits per heavy atom. The highest BCUT2D eigenvalue weighted by molar-refractivity contribution is 14.1. The lowest BCUT2D eigenvalue weighted by atomic mass is 10.1. The number of ether oxygens (including phenoxy) is 2. The first-order chi connectivity index (χ1) is 9.58. The Labute approximate surface area is 126 Å². The minimum atomic E-state index is -1.16. The third-order valence-electron chi connectivity index (χ3n) is 2.90. The van der Waals surface area contributed by atoms with E-state index in [1.165, 1.54) is 12.5 Å². The Hall–Kier alpha value is -1.17. The van der Waals surface area contributed by atoms with Crippen LogP contribution in [0.4, 0.5) is 0 Å². The molecule has 0 bridgehead atoms. The van der Waals surface area contributed by atoms with Crippen molar-refractivity contribution in [1.82, 2.24) is 9.55 Å². The summed E-state index contributed by atoms with van der Waals surface area (Å²) in [5.41, 5.74) is -1.25. The number of halogens is 1. The number of aromatic amines is 1. The van der Waals surface area contributed by atoms with E-state index in [0.29, 0.717) is 0 Å². The molecular weight excluding hydrogens is 383 g/mol. The van der Waals surface area contributed by atoms with E-state index in [4.69, 9.17) is 9.47 Å². The summed E-state index contributed by atoms with van der Waals surface area (Å²) in [5, 5.41) is 19.4. The molecule has 1 aliphatic rings. The fourth-order valence-electron chi connectivity index (χ4n) is 2.01. The number of aromatic nitrogens is 2. The van der Waals surface area contributed by atoms with E-state index in [9.17, 15) is 19.8 Å². The summed E-state index contributed by atoms with van der Waals surface area (Å²) in [6.45, 7) is -0.370. The SMILES string of the molecule is O=c1ccn([C@H]2O[C@@H](CO)C(OC=CI)C2O)c(=O)[nH]1. The van der Waals surface area contributed by atoms with Gasteiger partial charge in [-0.25, -0.2) is 4.79 Å². The summed E-state index contributed by atoms with van der Waals surface area (Å²) in [6.07, 6.45) is -1.21. The third kappa shape index (κ3) is 2.95. The standard InChI is InChI=1S/C11H13IN2O6/c12-2-4-19-9-6(5-15)20-10(8(9)17)14-3-1-7(16)13-11(14)18/h1-4,6,8-10,15,17H,5H2,(H,13,16,18)/t6-,8?,9?,10-/m0/s1. The quantitative estimate of drug-likeness (QED) is 0.448. The number of rotatable bonds is 4. The molecule has 110 valence electrons. The first kappa shape index (κ1) is 15.2. The zero-order valence-electron chi connectivity index (χ0n) is 10.2. The summed E-state index contributed by atoms with van der Waals surface area (Å²) in [7, 11) is 0. The van der Waals surface area contributed by atoms with E-state index in [0.717, 1.165) is 10.6 Å². The number of aliphatic hydroxyl groups is 2. The number of hydrogen-bond donors (Lipinski definition) is 3. The smallest absolute Gasteiger partial charge is 0.330 e. The molecule has 3 N–H and O–H groups in total. The highest BCUT2D eigenvalue weighted by atomic mass is 127. The van der Waals surface area contributed by atoms with Crippen molar-refractivity contribution in [3.63, 3.8) is 0 Å². The van der Waals surface area contributed by atoms with Gasteiger partial charge in [-0.05, 0) is 22.6 Å². The highest BCUT2D eigenvalue weighted by Gasteiger charge is 2.46. The summed E-state index contributed by atoms with van der Waals surface area (Å²) in [5.74, 6) is 0. The molecule has 1 aliphatic heterocycles. The second-order valence-corrected chi connectivity index (χ2v) is 4.84. The van der Waals surface area contributed by atoms with Gasteiger partial charge in [-0.1, -0.05) is 0 Å². The van der Waals surface area contributed by atoms with Crippen LogP contribution in [0.25, 0.3) is 0 Å². The van der Waals surface area contributed by atoms with Gasteiger partial charge in [0, 0.05) is 16.3 Å². The lowest BCUT2D eigenvalue weighted by Gasteiger charge is -2.18. The van der Waals surface area contributed by atoms with Crippen molar-refractivity contribution in [3.05, 3.63) is 43.4 Å². The van der Waals surface area contributed by atoms with Crippen molar-refractivity contribution in [2.45, 2.75) is 24.5 Å². The molecule has 1 saturated heterocycles. The topological polar surface area (TPSA) is 114 Å². The summed E-state index contributed by atoms with van der Waals surface area (Å²) >= 11 is 1.94. The number of H-pyrrole nitrogens is 1. The fraction of sp³-hybridized carbons (Fsp3) is 0.455. The zero-order valence-corrected chi connectivity index (χ0v) is 12.3. The Morgan fingerprint density at radius 1 is 1.55 bits per heavy atom. The first-order valence-electron chi connectivity index (χ1n) is 5.75. The molecule has 1 aromatic heterocycles. The maximum absolute atomic E-state index is 11.7. The van der Waals surface area contributed by atoms with Gasteiger partial charge in [-0.15, -0.1) is 0 Å². The van der Waals surface area contributed by atoms with Gasteiger partial charge in [-0.3, -0.25) is 14.3 Å². The zero-order chi connectivity index (χ0) is 14.7. The van der Waals surface area contributed by atoms with Crippen LogP contribution < -0.4 is 11.2 Å². The molecule has 0 amide bonds. The predicted molar refractivity (Wildman–Crippen MR) is 76.4 cm³/mol. The van der Waals surface area contributed by atoms with Crippen LogP contribution in [-0.2, 0) is 9.47 Å². The van der Waals surface area contributed by atoms with Crippen molar-refractivity contribution in [2.24, 2.45) is 0 Å². The molecule has 0 aliphatic carbocycles. The Balaban J connectivity index is 2.29. The molecule has 0 aromatic carbocycles. The molecule has 1 aromatic rings. The molecule has 0 saturated carbocycles. The van der Waals surface area contributed by atoms with Crippen LogP contribution in [0.2, 0.25) is 0 Å². The van der Waals surface area contributed by atoms with Crippen molar-refractivity contribution in [3.8, 4) is 0 Å². The van der Waals surface area contributed by atoms with Gasteiger partial charge in [0.1, 0.15) is 12.2 Å². The number of nitrogens with one attached hydrogen (secondary N) is 1. The second-order valence-electron chi connectivity index (χ2n) is 4.12. The Bertz CT molecular complexity index is 597. The van der Waals surface area contributed by atoms with Crippen molar-refractivity contribution in [2.75, 3.05) is 6.61 Å². The lowest BCUT2D eigenvalue weighted by Crippen LogP contribution is -2.38. The normalized spacial score (nSPS) is 29.9. The third-order valence-corrected chi connectivity index (χ3v) is 3.20. The van der Waals surface area contributed by atoms with Gasteiger partial charge >= 0.3 is 5.69 Å². The minimum Gasteiger partial charge on any atom is -0.492 e. The maximum atomic E-state index is 11.7. The Kier molecular flexibility index (Phi) is 4.96. The largest absolute Gasteiger partial charge is 0.492 e. The molecule has 2 rings (SSSR count). The molecule has 0 radical (unpaired) electrons. The van der Waals surface area contributed by atoms with Gasteiger partial charge in [0.15, 0.2) is 12.3 Å². The van der Waals surface area contributed by atoms with Gasteiger partial charge in [0.05, 0.1) is 12.9 Å². The molecule has 0 spiro atoms. The number of hydrogen-bond acceptors (Lipinski definition) is 6. The van der Waals surface area contributed by atoms with E-state index in [2.05, 4.69) is 4.98 Å². The van der Waals surface area contributed by atoms with E-state index < -0.39 is 35.8 Å².